The Kier molecular flexibility index (Phi) is 4.17. The number of fused-ring (bicyclic) bond motifs is 2. The van der Waals surface area contributed by atoms with Crippen LogP contribution in [0.3, 0.4) is 0 Å². The molecule has 0 bridgehead atoms. The standard InChI is InChI=1S/C21H21ClN4S/c1-12-6-7-14-10-23-11-16(14)18(12)19-17(22)9-15-20(24-19)25-27-21(15)26-8-4-3-5-13(26)2/h6-7,9,11,13H,3-5,8,10H2,1-2H3. The van der Waals surface area contributed by atoms with Crippen molar-refractivity contribution < 1.29 is 0 Å². The normalized spacial score (nSPS) is 19.1. The van der Waals surface area contributed by atoms with Gasteiger partial charge in [-0.1, -0.05) is 23.7 Å². The fourth-order valence-electron chi connectivity index (χ4n) is 4.23. The first-order valence-electron chi connectivity index (χ1n) is 9.48. The van der Waals surface area contributed by atoms with Crippen LogP contribution in [-0.4, -0.2) is 28.2 Å². The number of aromatic nitrogens is 2. The molecule has 2 aliphatic heterocycles. The van der Waals surface area contributed by atoms with Crippen LogP contribution in [0.2, 0.25) is 5.02 Å². The van der Waals surface area contributed by atoms with E-state index in [-0.39, 0.29) is 0 Å². The molecule has 3 aromatic rings. The monoisotopic (exact) mass is 396 g/mol. The quantitative estimate of drug-likeness (QED) is 0.563. The molecule has 2 aromatic heterocycles. The fraction of sp³-hybridized carbons (Fsp3) is 0.381. The lowest BCUT2D eigenvalue weighted by molar-refractivity contribution is 0.488. The Balaban J connectivity index is 1.66. The maximum Gasteiger partial charge on any atom is 0.175 e. The highest BCUT2D eigenvalue weighted by Gasteiger charge is 2.25. The fourth-order valence-corrected chi connectivity index (χ4v) is 5.41. The Bertz CT molecular complexity index is 1070. The molecule has 1 saturated heterocycles. The van der Waals surface area contributed by atoms with Gasteiger partial charge in [-0.05, 0) is 61.8 Å². The van der Waals surface area contributed by atoms with Gasteiger partial charge in [0.15, 0.2) is 5.65 Å². The zero-order valence-corrected chi connectivity index (χ0v) is 17.1. The van der Waals surface area contributed by atoms with Crippen molar-refractivity contribution in [1.29, 1.82) is 0 Å². The molecule has 0 radical (unpaired) electrons. The highest BCUT2D eigenvalue weighted by Crippen LogP contribution is 2.40. The summed E-state index contributed by atoms with van der Waals surface area (Å²) in [5.74, 6) is 0. The molecule has 0 saturated carbocycles. The lowest BCUT2D eigenvalue weighted by Gasteiger charge is -2.34. The largest absolute Gasteiger partial charge is 0.359 e. The van der Waals surface area contributed by atoms with E-state index >= 15 is 0 Å². The van der Waals surface area contributed by atoms with Crippen LogP contribution < -0.4 is 4.90 Å². The summed E-state index contributed by atoms with van der Waals surface area (Å²) in [5, 5.41) is 2.96. The minimum Gasteiger partial charge on any atom is -0.359 e. The van der Waals surface area contributed by atoms with Crippen molar-refractivity contribution >= 4 is 45.4 Å². The smallest absolute Gasteiger partial charge is 0.175 e. The molecular weight excluding hydrogens is 376 g/mol. The first-order chi connectivity index (χ1) is 13.1. The molecule has 0 amide bonds. The number of piperidine rings is 1. The van der Waals surface area contributed by atoms with Gasteiger partial charge in [-0.3, -0.25) is 4.99 Å². The molecule has 138 valence electrons. The molecule has 4 nitrogen and oxygen atoms in total. The van der Waals surface area contributed by atoms with Crippen LogP contribution in [0, 0.1) is 6.92 Å². The third-order valence-corrected chi connectivity index (χ3v) is 6.91. The minimum absolute atomic E-state index is 0.539. The van der Waals surface area contributed by atoms with Crippen LogP contribution in [0.4, 0.5) is 5.00 Å². The van der Waals surface area contributed by atoms with Crippen molar-refractivity contribution in [3.8, 4) is 11.3 Å². The molecule has 1 atom stereocenters. The van der Waals surface area contributed by atoms with Gasteiger partial charge in [0, 0.05) is 29.9 Å². The number of hydrogen-bond donors (Lipinski definition) is 0. The Morgan fingerprint density at radius 2 is 2.15 bits per heavy atom. The third-order valence-electron chi connectivity index (χ3n) is 5.73. The first kappa shape index (κ1) is 17.1. The number of nitrogens with zero attached hydrogens (tertiary/aromatic N) is 4. The van der Waals surface area contributed by atoms with Crippen molar-refractivity contribution in [2.24, 2.45) is 4.99 Å². The van der Waals surface area contributed by atoms with Gasteiger partial charge in [0.1, 0.15) is 5.00 Å². The second kappa shape index (κ2) is 6.57. The minimum atomic E-state index is 0.539. The predicted molar refractivity (Wildman–Crippen MR) is 115 cm³/mol. The Hall–Kier alpha value is -1.98. The van der Waals surface area contributed by atoms with Gasteiger partial charge in [0.2, 0.25) is 0 Å². The third kappa shape index (κ3) is 2.75. The van der Waals surface area contributed by atoms with Crippen LogP contribution in [0.15, 0.2) is 23.2 Å². The van der Waals surface area contributed by atoms with Crippen LogP contribution in [0.5, 0.6) is 0 Å². The molecule has 4 heterocycles. The van der Waals surface area contributed by atoms with Crippen LogP contribution in [0.1, 0.15) is 42.9 Å². The number of aryl methyl sites for hydroxylation is 1. The number of rotatable bonds is 2. The van der Waals surface area contributed by atoms with E-state index < -0.39 is 0 Å². The van der Waals surface area contributed by atoms with E-state index in [0.717, 1.165) is 46.5 Å². The molecule has 1 aromatic carbocycles. The number of anilines is 1. The second-order valence-corrected chi connectivity index (χ2v) is 8.67. The molecule has 6 heteroatoms. The highest BCUT2D eigenvalue weighted by molar-refractivity contribution is 7.11. The topological polar surface area (TPSA) is 41.4 Å². The van der Waals surface area contributed by atoms with E-state index in [1.54, 1.807) is 11.5 Å². The number of hydrogen-bond acceptors (Lipinski definition) is 5. The summed E-state index contributed by atoms with van der Waals surface area (Å²) >= 11 is 8.31. The van der Waals surface area contributed by atoms with Gasteiger partial charge < -0.3 is 4.90 Å². The van der Waals surface area contributed by atoms with Gasteiger partial charge in [0.25, 0.3) is 0 Å². The molecule has 2 aliphatic rings. The molecule has 0 N–H and O–H groups in total. The molecule has 1 fully saturated rings. The van der Waals surface area contributed by atoms with Gasteiger partial charge >= 0.3 is 0 Å². The lowest BCUT2D eigenvalue weighted by Crippen LogP contribution is -2.36. The molecular formula is C21H21ClN4S. The second-order valence-electron chi connectivity index (χ2n) is 7.52. The van der Waals surface area contributed by atoms with Crippen molar-refractivity contribution in [2.75, 3.05) is 11.4 Å². The van der Waals surface area contributed by atoms with E-state index in [9.17, 15) is 0 Å². The number of pyridine rings is 1. The Morgan fingerprint density at radius 3 is 3.00 bits per heavy atom. The van der Waals surface area contributed by atoms with Crippen molar-refractivity contribution in [3.63, 3.8) is 0 Å². The van der Waals surface area contributed by atoms with E-state index in [1.165, 1.54) is 29.8 Å². The van der Waals surface area contributed by atoms with E-state index in [1.807, 2.05) is 6.21 Å². The molecule has 5 rings (SSSR count). The van der Waals surface area contributed by atoms with Gasteiger partial charge in [-0.15, -0.1) is 0 Å². The Morgan fingerprint density at radius 1 is 1.26 bits per heavy atom. The summed E-state index contributed by atoms with van der Waals surface area (Å²) in [6.45, 7) is 6.21. The zero-order chi connectivity index (χ0) is 18.5. The van der Waals surface area contributed by atoms with Crippen molar-refractivity contribution in [1.82, 2.24) is 9.36 Å². The maximum absolute atomic E-state index is 6.77. The maximum atomic E-state index is 6.77. The summed E-state index contributed by atoms with van der Waals surface area (Å²) in [5.41, 5.74) is 6.23. The molecule has 0 aliphatic carbocycles. The van der Waals surface area contributed by atoms with Crippen LogP contribution >= 0.6 is 23.1 Å². The molecule has 1 unspecified atom stereocenters. The zero-order valence-electron chi connectivity index (χ0n) is 15.5. The van der Waals surface area contributed by atoms with Gasteiger partial charge in [0.05, 0.1) is 22.6 Å². The summed E-state index contributed by atoms with van der Waals surface area (Å²) in [4.78, 5) is 11.8. The van der Waals surface area contributed by atoms with Gasteiger partial charge in [-0.25, -0.2) is 4.98 Å². The van der Waals surface area contributed by atoms with E-state index in [4.69, 9.17) is 16.6 Å². The predicted octanol–water partition coefficient (Wildman–Crippen LogP) is 5.63. The van der Waals surface area contributed by atoms with Gasteiger partial charge in [-0.2, -0.15) is 4.37 Å². The summed E-state index contributed by atoms with van der Waals surface area (Å²) < 4.78 is 4.68. The average molecular weight is 397 g/mol. The number of halogens is 1. The number of aliphatic imine (C=N–C) groups is 1. The summed E-state index contributed by atoms with van der Waals surface area (Å²) in [7, 11) is 0. The summed E-state index contributed by atoms with van der Waals surface area (Å²) in [6.07, 6.45) is 5.71. The SMILES string of the molecule is Cc1ccc2c(c1-c1nc3nsc(N4CCCCC4C)c3cc1Cl)C=NC2. The van der Waals surface area contributed by atoms with Crippen molar-refractivity contribution in [2.45, 2.75) is 45.7 Å². The average Bonchev–Trinajstić information content (AvgIpc) is 3.28. The first-order valence-corrected chi connectivity index (χ1v) is 10.6. The van der Waals surface area contributed by atoms with E-state index in [0.29, 0.717) is 11.1 Å². The van der Waals surface area contributed by atoms with Crippen LogP contribution in [-0.2, 0) is 6.54 Å². The van der Waals surface area contributed by atoms with Crippen molar-refractivity contribution in [3.05, 3.63) is 39.9 Å². The van der Waals surface area contributed by atoms with Crippen LogP contribution in [0.25, 0.3) is 22.3 Å². The highest BCUT2D eigenvalue weighted by atomic mass is 35.5. The Labute approximate surface area is 168 Å². The van der Waals surface area contributed by atoms with E-state index in [2.05, 4.69) is 46.3 Å². The molecule has 27 heavy (non-hydrogen) atoms. The lowest BCUT2D eigenvalue weighted by atomic mass is 9.95. The summed E-state index contributed by atoms with van der Waals surface area (Å²) in [6, 6.07) is 6.88. The number of benzene rings is 1. The molecule has 0 spiro atoms.